The quantitative estimate of drug-likeness (QED) is 0.0512. The maximum atomic E-state index is 12.4. The van der Waals surface area contributed by atoms with Crippen LogP contribution >= 0.6 is 0 Å². The third-order valence-electron chi connectivity index (χ3n) is 8.57. The Bertz CT molecular complexity index is 547. The fraction of sp³-hybridized carbons (Fsp3) is 0.971. The molecule has 0 aromatic rings. The molecule has 0 aliphatic heterocycles. The van der Waals surface area contributed by atoms with E-state index in [9.17, 15) is 25.2 Å². The van der Waals surface area contributed by atoms with Gasteiger partial charge in [-0.3, -0.25) is 4.79 Å². The van der Waals surface area contributed by atoms with E-state index in [1.165, 1.54) is 122 Å². The van der Waals surface area contributed by atoms with Gasteiger partial charge in [-0.2, -0.15) is 0 Å². The van der Waals surface area contributed by atoms with Crippen LogP contribution in [0.2, 0.25) is 0 Å². The zero-order valence-corrected chi connectivity index (χ0v) is 27.3. The molecule has 1 unspecified atom stereocenters. The third kappa shape index (κ3) is 25.5. The van der Waals surface area contributed by atoms with Crippen LogP contribution in [-0.2, 0) is 4.79 Å². The SMILES string of the molecule is CCCCCCCCCCCCCCCC(O)C(=O)N[C@@H](CO)[C@H](O)[C@H](O)CCCCCCCCCCCCCC. The van der Waals surface area contributed by atoms with Gasteiger partial charge in [0.15, 0.2) is 0 Å². The number of unbranched alkanes of at least 4 members (excludes halogenated alkanes) is 23. The minimum Gasteiger partial charge on any atom is -0.394 e. The molecule has 0 radical (unpaired) electrons. The van der Waals surface area contributed by atoms with Crippen molar-refractivity contribution >= 4 is 5.91 Å². The molecule has 246 valence electrons. The van der Waals surface area contributed by atoms with E-state index in [0.717, 1.165) is 38.5 Å². The summed E-state index contributed by atoms with van der Waals surface area (Å²) in [6.45, 7) is 4.02. The van der Waals surface area contributed by atoms with E-state index in [-0.39, 0.29) is 0 Å². The maximum Gasteiger partial charge on any atom is 0.249 e. The predicted molar refractivity (Wildman–Crippen MR) is 173 cm³/mol. The molecule has 0 bridgehead atoms. The highest BCUT2D eigenvalue weighted by atomic mass is 16.3. The van der Waals surface area contributed by atoms with Gasteiger partial charge in [-0.25, -0.2) is 0 Å². The molecular weight excluding hydrogens is 514 g/mol. The minimum absolute atomic E-state index is 0.374. The third-order valence-corrected chi connectivity index (χ3v) is 8.57. The van der Waals surface area contributed by atoms with Crippen LogP contribution in [0.15, 0.2) is 0 Å². The molecule has 0 aromatic heterocycles. The van der Waals surface area contributed by atoms with Gasteiger partial charge in [-0.15, -0.1) is 0 Å². The van der Waals surface area contributed by atoms with Crippen molar-refractivity contribution in [2.24, 2.45) is 0 Å². The van der Waals surface area contributed by atoms with Gasteiger partial charge in [0.05, 0.1) is 18.8 Å². The lowest BCUT2D eigenvalue weighted by Crippen LogP contribution is -2.53. The second kappa shape index (κ2) is 30.8. The Labute approximate surface area is 254 Å². The molecule has 5 N–H and O–H groups in total. The fourth-order valence-corrected chi connectivity index (χ4v) is 5.64. The van der Waals surface area contributed by atoms with Crippen LogP contribution in [-0.4, -0.2) is 57.3 Å². The van der Waals surface area contributed by atoms with Crippen molar-refractivity contribution in [3.63, 3.8) is 0 Å². The zero-order valence-electron chi connectivity index (χ0n) is 27.3. The van der Waals surface area contributed by atoms with Gasteiger partial charge in [0, 0.05) is 0 Å². The van der Waals surface area contributed by atoms with Crippen LogP contribution in [0.25, 0.3) is 0 Å². The van der Waals surface area contributed by atoms with Gasteiger partial charge in [0.2, 0.25) is 5.91 Å². The van der Waals surface area contributed by atoms with Crippen molar-refractivity contribution in [3.8, 4) is 0 Å². The van der Waals surface area contributed by atoms with Gasteiger partial charge in [0.25, 0.3) is 0 Å². The Morgan fingerprint density at radius 3 is 1.17 bits per heavy atom. The highest BCUT2D eigenvalue weighted by Crippen LogP contribution is 2.16. The van der Waals surface area contributed by atoms with Gasteiger partial charge in [-0.1, -0.05) is 174 Å². The predicted octanol–water partition coefficient (Wildman–Crippen LogP) is 8.12. The number of carbonyl (C=O) groups is 1. The normalized spacial score (nSPS) is 14.6. The molecule has 0 saturated carbocycles. The number of carbonyl (C=O) groups excluding carboxylic acids is 1. The average molecular weight is 586 g/mol. The lowest BCUT2D eigenvalue weighted by molar-refractivity contribution is -0.132. The summed E-state index contributed by atoms with van der Waals surface area (Å²) in [7, 11) is 0. The second-order valence-corrected chi connectivity index (χ2v) is 12.6. The molecule has 0 aromatic carbocycles. The smallest absolute Gasteiger partial charge is 0.249 e. The standard InChI is InChI=1S/C35H71NO5/c1-3-5-7-9-11-13-15-17-19-21-23-25-27-29-33(39)35(41)36-31(30-37)34(40)32(38)28-26-24-22-20-18-16-14-12-10-8-6-4-2/h31-34,37-40H,3-30H2,1-2H3,(H,36,41)/t31-,32+,33?,34-/m0/s1. The highest BCUT2D eigenvalue weighted by Gasteiger charge is 2.28. The maximum absolute atomic E-state index is 12.4. The second-order valence-electron chi connectivity index (χ2n) is 12.6. The van der Waals surface area contributed by atoms with E-state index in [2.05, 4.69) is 19.2 Å². The van der Waals surface area contributed by atoms with Gasteiger partial charge >= 0.3 is 0 Å². The Hall–Kier alpha value is -0.690. The molecule has 0 aliphatic carbocycles. The first kappa shape index (κ1) is 40.3. The van der Waals surface area contributed by atoms with Crippen molar-refractivity contribution in [2.75, 3.05) is 6.61 Å². The molecule has 0 rings (SSSR count). The van der Waals surface area contributed by atoms with E-state index in [4.69, 9.17) is 0 Å². The van der Waals surface area contributed by atoms with Gasteiger partial charge in [-0.05, 0) is 12.8 Å². The lowest BCUT2D eigenvalue weighted by atomic mass is 9.99. The first-order valence-corrected chi connectivity index (χ1v) is 17.9. The largest absolute Gasteiger partial charge is 0.394 e. The summed E-state index contributed by atoms with van der Waals surface area (Å²) >= 11 is 0. The van der Waals surface area contributed by atoms with E-state index >= 15 is 0 Å². The molecule has 41 heavy (non-hydrogen) atoms. The number of nitrogens with one attached hydrogen (secondary N) is 1. The minimum atomic E-state index is -1.25. The van der Waals surface area contributed by atoms with E-state index in [1.807, 2.05) is 0 Å². The number of amides is 1. The first-order valence-electron chi connectivity index (χ1n) is 17.9. The van der Waals surface area contributed by atoms with Crippen molar-refractivity contribution in [1.29, 1.82) is 0 Å². The van der Waals surface area contributed by atoms with Crippen LogP contribution in [0.1, 0.15) is 187 Å². The number of rotatable bonds is 32. The summed E-state index contributed by atoms with van der Waals surface area (Å²) < 4.78 is 0. The van der Waals surface area contributed by atoms with E-state index in [0.29, 0.717) is 12.8 Å². The van der Waals surface area contributed by atoms with E-state index < -0.39 is 36.9 Å². The van der Waals surface area contributed by atoms with Gasteiger partial charge < -0.3 is 25.7 Å². The number of hydrogen-bond donors (Lipinski definition) is 5. The van der Waals surface area contributed by atoms with Crippen LogP contribution in [0.4, 0.5) is 0 Å². The Kier molecular flexibility index (Phi) is 30.2. The summed E-state index contributed by atoms with van der Waals surface area (Å²) in [5, 5.41) is 43.3. The summed E-state index contributed by atoms with van der Waals surface area (Å²) in [6.07, 6.45) is 28.3. The molecule has 0 saturated heterocycles. The lowest BCUT2D eigenvalue weighted by Gasteiger charge is -2.27. The van der Waals surface area contributed by atoms with Crippen molar-refractivity contribution < 1.29 is 25.2 Å². The summed E-state index contributed by atoms with van der Waals surface area (Å²) in [6, 6.07) is -0.976. The summed E-state index contributed by atoms with van der Waals surface area (Å²) in [5.41, 5.74) is 0. The summed E-state index contributed by atoms with van der Waals surface area (Å²) in [5.74, 6) is -0.584. The molecule has 4 atom stereocenters. The number of aliphatic hydroxyl groups excluding tert-OH is 4. The van der Waals surface area contributed by atoms with Crippen molar-refractivity contribution in [3.05, 3.63) is 0 Å². The van der Waals surface area contributed by atoms with Gasteiger partial charge in [0.1, 0.15) is 12.2 Å². The highest BCUT2D eigenvalue weighted by molar-refractivity contribution is 5.80. The topological polar surface area (TPSA) is 110 Å². The van der Waals surface area contributed by atoms with Crippen LogP contribution in [0.3, 0.4) is 0 Å². The molecule has 6 nitrogen and oxygen atoms in total. The number of hydrogen-bond acceptors (Lipinski definition) is 5. The Balaban J connectivity index is 3.82. The molecule has 1 amide bonds. The first-order chi connectivity index (χ1) is 20.0. The number of aliphatic hydroxyl groups is 4. The molecule has 0 fully saturated rings. The van der Waals surface area contributed by atoms with Crippen LogP contribution in [0, 0.1) is 0 Å². The van der Waals surface area contributed by atoms with E-state index in [1.54, 1.807) is 0 Å². The average Bonchev–Trinajstić information content (AvgIpc) is 2.98. The molecule has 0 spiro atoms. The Morgan fingerprint density at radius 1 is 0.512 bits per heavy atom. The zero-order chi connectivity index (χ0) is 30.4. The summed E-state index contributed by atoms with van der Waals surface area (Å²) in [4.78, 5) is 12.4. The fourth-order valence-electron chi connectivity index (χ4n) is 5.64. The molecule has 6 heteroatoms. The van der Waals surface area contributed by atoms with Crippen LogP contribution < -0.4 is 5.32 Å². The monoisotopic (exact) mass is 586 g/mol. The van der Waals surface area contributed by atoms with Crippen molar-refractivity contribution in [2.45, 2.75) is 212 Å². The molecular formula is C35H71NO5. The Morgan fingerprint density at radius 2 is 0.829 bits per heavy atom. The van der Waals surface area contributed by atoms with Crippen molar-refractivity contribution in [1.82, 2.24) is 5.32 Å². The molecule has 0 aliphatic rings. The molecule has 0 heterocycles. The van der Waals surface area contributed by atoms with Crippen LogP contribution in [0.5, 0.6) is 0 Å².